The molecule has 0 aromatic rings. The van der Waals surface area contributed by atoms with Gasteiger partial charge in [-0.15, -0.1) is 0 Å². The van der Waals surface area contributed by atoms with Crippen LogP contribution in [0.4, 0.5) is 0 Å². The van der Waals surface area contributed by atoms with Crippen LogP contribution in [0.5, 0.6) is 0 Å². The highest BCUT2D eigenvalue weighted by molar-refractivity contribution is 4.88. The third-order valence-electron chi connectivity index (χ3n) is 8.15. The maximum Gasteiger partial charge on any atom is 0.0840 e. The molecule has 1 saturated heterocycles. The Hall–Kier alpha value is -0.240. The second kappa shape index (κ2) is 13.3. The fourth-order valence-electron chi connectivity index (χ4n) is 5.75. The Balaban J connectivity index is 1.52. The second-order valence-corrected chi connectivity index (χ2v) is 12.6. The van der Waals surface area contributed by atoms with Crippen LogP contribution in [0.3, 0.4) is 0 Å². The highest BCUT2D eigenvalue weighted by atomic mass is 16.6. The Kier molecular flexibility index (Phi) is 11.1. The average Bonchev–Trinajstić information content (AvgIpc) is 2.77. The van der Waals surface area contributed by atoms with Gasteiger partial charge in [0.2, 0.25) is 0 Å². The van der Waals surface area contributed by atoms with Gasteiger partial charge in [-0.3, -0.25) is 0 Å². The first-order chi connectivity index (χ1) is 16.1. The van der Waals surface area contributed by atoms with Crippen LogP contribution in [0.25, 0.3) is 0 Å². The normalized spacial score (nSPS) is 36.5. The summed E-state index contributed by atoms with van der Waals surface area (Å²) in [6.07, 6.45) is 7.08. The minimum atomic E-state index is 0.123. The van der Waals surface area contributed by atoms with Crippen LogP contribution in [-0.2, 0) is 28.4 Å². The Morgan fingerprint density at radius 3 is 1.06 bits per heavy atom. The van der Waals surface area contributed by atoms with Crippen LogP contribution in [0.2, 0.25) is 0 Å². The standard InChI is InChI=1S/C28H52O6/c1-27(2,3)21-7-9-23-25(19-21)33-17-13-30-14-18-34-26-20-22(28(4,5)6)8-10-24(26)32-16-12-29-11-15-31-23/h21-26H,7-20H2,1-6H3/t21-,22+,23-,24+,25+,26-. The summed E-state index contributed by atoms with van der Waals surface area (Å²) >= 11 is 0. The molecule has 0 amide bonds. The molecule has 0 bridgehead atoms. The molecule has 1 aliphatic heterocycles. The van der Waals surface area contributed by atoms with Gasteiger partial charge in [-0.1, -0.05) is 41.5 Å². The Morgan fingerprint density at radius 2 is 0.735 bits per heavy atom. The van der Waals surface area contributed by atoms with E-state index in [0.717, 1.165) is 25.7 Å². The Bertz CT molecular complexity index is 520. The van der Waals surface area contributed by atoms with Gasteiger partial charge in [0.15, 0.2) is 0 Å². The first kappa shape index (κ1) is 28.3. The van der Waals surface area contributed by atoms with Gasteiger partial charge in [0.1, 0.15) is 0 Å². The van der Waals surface area contributed by atoms with Crippen molar-refractivity contribution in [3.63, 3.8) is 0 Å². The summed E-state index contributed by atoms with van der Waals surface area (Å²) in [5.41, 5.74) is 0.584. The van der Waals surface area contributed by atoms with Crippen LogP contribution in [-0.4, -0.2) is 77.3 Å². The number of hydrogen-bond donors (Lipinski definition) is 0. The molecule has 0 radical (unpaired) electrons. The third-order valence-corrected chi connectivity index (χ3v) is 8.15. The molecule has 0 unspecified atom stereocenters. The van der Waals surface area contributed by atoms with E-state index in [2.05, 4.69) is 41.5 Å². The molecular formula is C28H52O6. The predicted octanol–water partition coefficient (Wildman–Crippen LogP) is 5.27. The predicted molar refractivity (Wildman–Crippen MR) is 134 cm³/mol. The van der Waals surface area contributed by atoms with Crippen molar-refractivity contribution in [2.24, 2.45) is 22.7 Å². The van der Waals surface area contributed by atoms with Crippen molar-refractivity contribution in [2.75, 3.05) is 52.9 Å². The highest BCUT2D eigenvalue weighted by Crippen LogP contribution is 2.41. The molecule has 0 N–H and O–H groups in total. The molecule has 6 atom stereocenters. The minimum Gasteiger partial charge on any atom is -0.377 e. The second-order valence-electron chi connectivity index (χ2n) is 12.6. The number of hydrogen-bond acceptors (Lipinski definition) is 6. The van der Waals surface area contributed by atoms with Crippen molar-refractivity contribution in [3.05, 3.63) is 0 Å². The third kappa shape index (κ3) is 9.01. The molecule has 0 aromatic heterocycles. The lowest BCUT2D eigenvalue weighted by molar-refractivity contribution is -0.142. The van der Waals surface area contributed by atoms with Crippen molar-refractivity contribution in [1.82, 2.24) is 0 Å². The SMILES string of the molecule is CC(C)(C)[C@@H]1CC[C@H]2OCCOCCO[C@H]3CC[C@H](C(C)(C)C)C[C@H]3OCCOCCO[C@H]2C1. The smallest absolute Gasteiger partial charge is 0.0840 e. The average molecular weight is 485 g/mol. The van der Waals surface area contributed by atoms with E-state index in [1.54, 1.807) is 0 Å². The quantitative estimate of drug-likeness (QED) is 0.467. The van der Waals surface area contributed by atoms with E-state index in [1.807, 2.05) is 0 Å². The van der Waals surface area contributed by atoms with Crippen molar-refractivity contribution >= 4 is 0 Å². The molecule has 2 saturated carbocycles. The Morgan fingerprint density at radius 1 is 0.412 bits per heavy atom. The lowest BCUT2D eigenvalue weighted by Gasteiger charge is -2.41. The molecule has 34 heavy (non-hydrogen) atoms. The van der Waals surface area contributed by atoms with Crippen LogP contribution < -0.4 is 0 Å². The van der Waals surface area contributed by atoms with Gasteiger partial charge in [0, 0.05) is 0 Å². The summed E-state index contributed by atoms with van der Waals surface area (Å²) in [6, 6.07) is 0. The topological polar surface area (TPSA) is 55.4 Å². The van der Waals surface area contributed by atoms with Gasteiger partial charge in [0.25, 0.3) is 0 Å². The van der Waals surface area contributed by atoms with Crippen LogP contribution in [0.15, 0.2) is 0 Å². The van der Waals surface area contributed by atoms with Crippen LogP contribution >= 0.6 is 0 Å². The number of fused-ring (bicyclic) bond motifs is 2. The fraction of sp³-hybridized carbons (Fsp3) is 1.00. The van der Waals surface area contributed by atoms with Gasteiger partial charge in [-0.25, -0.2) is 0 Å². The maximum atomic E-state index is 6.30. The number of ether oxygens (including phenoxy) is 6. The molecule has 0 aromatic carbocycles. The first-order valence-electron chi connectivity index (χ1n) is 13.8. The molecule has 200 valence electrons. The molecule has 6 heteroatoms. The van der Waals surface area contributed by atoms with E-state index < -0.39 is 0 Å². The van der Waals surface area contributed by atoms with Gasteiger partial charge in [-0.05, 0) is 61.2 Å². The summed E-state index contributed by atoms with van der Waals surface area (Å²) < 4.78 is 36.8. The fourth-order valence-corrected chi connectivity index (χ4v) is 5.75. The molecule has 3 fully saturated rings. The van der Waals surface area contributed by atoms with E-state index in [-0.39, 0.29) is 24.4 Å². The summed E-state index contributed by atoms with van der Waals surface area (Å²) in [4.78, 5) is 0. The van der Waals surface area contributed by atoms with Gasteiger partial charge in [-0.2, -0.15) is 0 Å². The molecule has 1 heterocycles. The van der Waals surface area contributed by atoms with E-state index in [0.29, 0.717) is 75.5 Å². The minimum absolute atomic E-state index is 0.123. The molecule has 3 aliphatic rings. The van der Waals surface area contributed by atoms with Crippen molar-refractivity contribution in [1.29, 1.82) is 0 Å². The van der Waals surface area contributed by atoms with Gasteiger partial charge in [0.05, 0.1) is 77.3 Å². The lowest BCUT2D eigenvalue weighted by Crippen LogP contribution is -2.43. The van der Waals surface area contributed by atoms with Crippen molar-refractivity contribution < 1.29 is 28.4 Å². The highest BCUT2D eigenvalue weighted by Gasteiger charge is 2.38. The zero-order chi connectivity index (χ0) is 24.6. The molecular weight excluding hydrogens is 432 g/mol. The largest absolute Gasteiger partial charge is 0.377 e. The van der Waals surface area contributed by atoms with E-state index >= 15 is 0 Å². The monoisotopic (exact) mass is 484 g/mol. The summed E-state index contributed by atoms with van der Waals surface area (Å²) in [7, 11) is 0. The lowest BCUT2D eigenvalue weighted by atomic mass is 9.71. The van der Waals surface area contributed by atoms with Crippen LogP contribution in [0, 0.1) is 22.7 Å². The van der Waals surface area contributed by atoms with E-state index in [4.69, 9.17) is 28.4 Å². The first-order valence-corrected chi connectivity index (χ1v) is 13.8. The summed E-state index contributed by atoms with van der Waals surface area (Å²) in [5.74, 6) is 1.30. The molecule has 3 rings (SSSR count). The van der Waals surface area contributed by atoms with Gasteiger partial charge >= 0.3 is 0 Å². The molecule has 2 aliphatic carbocycles. The zero-order valence-electron chi connectivity index (χ0n) is 22.8. The summed E-state index contributed by atoms with van der Waals surface area (Å²) in [6.45, 7) is 18.8. The van der Waals surface area contributed by atoms with Crippen LogP contribution in [0.1, 0.15) is 80.1 Å². The maximum absolute atomic E-state index is 6.30. The zero-order valence-corrected chi connectivity index (χ0v) is 22.8. The molecule has 6 nitrogen and oxygen atoms in total. The van der Waals surface area contributed by atoms with Gasteiger partial charge < -0.3 is 28.4 Å². The number of rotatable bonds is 0. The summed E-state index contributed by atoms with van der Waals surface area (Å²) in [5, 5.41) is 0. The van der Waals surface area contributed by atoms with Crippen molar-refractivity contribution in [3.8, 4) is 0 Å². The Labute approximate surface area is 208 Å². The molecule has 0 spiro atoms. The van der Waals surface area contributed by atoms with E-state index in [1.165, 1.54) is 12.8 Å². The van der Waals surface area contributed by atoms with E-state index in [9.17, 15) is 0 Å². The van der Waals surface area contributed by atoms with Crippen molar-refractivity contribution in [2.45, 2.75) is 104 Å².